The fourth-order valence-corrected chi connectivity index (χ4v) is 6.31. The molecule has 1 saturated carbocycles. The normalized spacial score (nSPS) is 19.5. The zero-order valence-corrected chi connectivity index (χ0v) is 19.2. The summed E-state index contributed by atoms with van der Waals surface area (Å²) in [6, 6.07) is 8.16. The lowest BCUT2D eigenvalue weighted by atomic mass is 9.66. The van der Waals surface area contributed by atoms with Gasteiger partial charge in [-0.25, -0.2) is 0 Å². The van der Waals surface area contributed by atoms with Gasteiger partial charge in [-0.3, -0.25) is 0 Å². The van der Waals surface area contributed by atoms with Crippen LogP contribution in [0.5, 0.6) is 0 Å². The molecule has 1 fully saturated rings. The van der Waals surface area contributed by atoms with Crippen LogP contribution in [0.1, 0.15) is 74.9 Å². The maximum absolute atomic E-state index is 10.8. The molecule has 0 radical (unpaired) electrons. The number of rotatable bonds is 6. The molecule has 2 aliphatic carbocycles. The van der Waals surface area contributed by atoms with Crippen molar-refractivity contribution in [2.75, 3.05) is 11.4 Å². The van der Waals surface area contributed by atoms with Crippen LogP contribution in [0, 0.1) is 17.7 Å². The van der Waals surface area contributed by atoms with E-state index in [4.69, 9.17) is 0 Å². The van der Waals surface area contributed by atoms with Crippen LogP contribution in [-0.4, -0.2) is 6.54 Å². The first-order valence-corrected chi connectivity index (χ1v) is 11.5. The van der Waals surface area contributed by atoms with Crippen LogP contribution in [0.15, 0.2) is 36.0 Å². The Bertz CT molecular complexity index is 948. The van der Waals surface area contributed by atoms with Crippen LogP contribution in [0.4, 0.5) is 10.7 Å². The van der Waals surface area contributed by atoms with E-state index in [0.29, 0.717) is 0 Å². The Morgan fingerprint density at radius 2 is 1.76 bits per heavy atom. The minimum Gasteiger partial charge on any atom is -0.333 e. The molecular formula is C25H32N2OS. The third-order valence-electron chi connectivity index (χ3n) is 6.79. The molecular weight excluding hydrogens is 376 g/mol. The van der Waals surface area contributed by atoms with Gasteiger partial charge in [0.05, 0.1) is 5.00 Å². The summed E-state index contributed by atoms with van der Waals surface area (Å²) in [4.78, 5) is 14.9. The molecule has 0 amide bonds. The molecule has 29 heavy (non-hydrogen) atoms. The molecule has 3 nitrogen and oxygen atoms in total. The van der Waals surface area contributed by atoms with Crippen molar-refractivity contribution in [3.05, 3.63) is 57.3 Å². The van der Waals surface area contributed by atoms with Crippen molar-refractivity contribution in [2.45, 2.75) is 71.1 Å². The Labute approximate surface area is 178 Å². The number of fused-ring (bicyclic) bond motifs is 1. The van der Waals surface area contributed by atoms with E-state index in [1.165, 1.54) is 41.9 Å². The molecule has 2 aromatic rings. The van der Waals surface area contributed by atoms with Crippen molar-refractivity contribution in [1.82, 2.24) is 0 Å². The SMILES string of the molecule is C=C(N=O)c1ccc(N(CC2CC2)c2sc3c(c2C)C(C)(C)CCC3(C)C)cc1. The number of benzene rings is 1. The van der Waals surface area contributed by atoms with E-state index in [1.54, 1.807) is 10.4 Å². The summed E-state index contributed by atoms with van der Waals surface area (Å²) >= 11 is 2.00. The molecule has 1 heterocycles. The smallest absolute Gasteiger partial charge is 0.108 e. The summed E-state index contributed by atoms with van der Waals surface area (Å²) in [5, 5.41) is 4.38. The van der Waals surface area contributed by atoms with Crippen LogP contribution in [0.3, 0.4) is 0 Å². The monoisotopic (exact) mass is 408 g/mol. The number of nitrogens with zero attached hydrogens (tertiary/aromatic N) is 2. The second-order valence-corrected chi connectivity index (χ2v) is 11.1. The first kappa shape index (κ1) is 20.3. The average molecular weight is 409 g/mol. The summed E-state index contributed by atoms with van der Waals surface area (Å²) in [7, 11) is 0. The largest absolute Gasteiger partial charge is 0.333 e. The van der Waals surface area contributed by atoms with E-state index in [-0.39, 0.29) is 16.5 Å². The van der Waals surface area contributed by atoms with Crippen molar-refractivity contribution < 1.29 is 0 Å². The van der Waals surface area contributed by atoms with E-state index in [0.717, 1.165) is 18.0 Å². The highest BCUT2D eigenvalue weighted by Crippen LogP contribution is 2.54. The number of thiophene rings is 1. The van der Waals surface area contributed by atoms with Crippen molar-refractivity contribution in [3.8, 4) is 0 Å². The molecule has 0 aliphatic heterocycles. The van der Waals surface area contributed by atoms with Crippen molar-refractivity contribution in [3.63, 3.8) is 0 Å². The van der Waals surface area contributed by atoms with Gasteiger partial charge in [-0.05, 0) is 77.8 Å². The Kier molecular flexibility index (Phi) is 4.97. The predicted molar refractivity (Wildman–Crippen MR) is 125 cm³/mol. The van der Waals surface area contributed by atoms with Gasteiger partial charge in [0.15, 0.2) is 0 Å². The minimum absolute atomic E-state index is 0.228. The van der Waals surface area contributed by atoms with Crippen molar-refractivity contribution in [2.24, 2.45) is 11.1 Å². The van der Waals surface area contributed by atoms with Gasteiger partial charge in [-0.1, -0.05) is 46.4 Å². The molecule has 4 rings (SSSR count). The molecule has 0 unspecified atom stereocenters. The molecule has 0 saturated heterocycles. The quantitative estimate of drug-likeness (QED) is 0.459. The Morgan fingerprint density at radius 1 is 1.14 bits per heavy atom. The standard InChI is InChI=1S/C25H32N2OS/c1-16-21-22(25(5,6)14-13-24(21,3)4)29-23(16)27(15-18-7-8-18)20-11-9-19(10-12-20)17(2)26-28/h9-12,18H,2,7-8,13-15H2,1,3-6H3. The highest BCUT2D eigenvalue weighted by atomic mass is 32.1. The first-order valence-electron chi connectivity index (χ1n) is 10.7. The van der Waals surface area contributed by atoms with Gasteiger partial charge in [0.1, 0.15) is 5.70 Å². The van der Waals surface area contributed by atoms with E-state index in [9.17, 15) is 4.91 Å². The van der Waals surface area contributed by atoms with Gasteiger partial charge in [0.2, 0.25) is 0 Å². The first-order chi connectivity index (χ1) is 13.6. The summed E-state index contributed by atoms with van der Waals surface area (Å²) < 4.78 is 0. The van der Waals surface area contributed by atoms with Crippen LogP contribution in [-0.2, 0) is 10.8 Å². The van der Waals surface area contributed by atoms with Gasteiger partial charge in [-0.15, -0.1) is 16.2 Å². The third kappa shape index (κ3) is 3.68. The number of hydrogen-bond acceptors (Lipinski definition) is 4. The van der Waals surface area contributed by atoms with E-state index in [1.807, 2.05) is 23.5 Å². The fourth-order valence-electron chi connectivity index (χ4n) is 4.66. The molecule has 0 atom stereocenters. The molecule has 154 valence electrons. The zero-order chi connectivity index (χ0) is 21.0. The molecule has 1 aromatic carbocycles. The number of nitroso groups, excluding NO2 is 1. The highest BCUT2D eigenvalue weighted by Gasteiger charge is 2.41. The molecule has 2 aliphatic rings. The van der Waals surface area contributed by atoms with E-state index >= 15 is 0 Å². The zero-order valence-electron chi connectivity index (χ0n) is 18.3. The summed E-state index contributed by atoms with van der Waals surface area (Å²) in [5.74, 6) is 0.779. The van der Waals surface area contributed by atoms with Crippen LogP contribution in [0.2, 0.25) is 0 Å². The van der Waals surface area contributed by atoms with Crippen molar-refractivity contribution >= 4 is 27.7 Å². The minimum atomic E-state index is 0.228. The summed E-state index contributed by atoms with van der Waals surface area (Å²) in [5.41, 5.74) is 5.76. The second kappa shape index (κ2) is 7.09. The molecule has 1 aromatic heterocycles. The maximum Gasteiger partial charge on any atom is 0.108 e. The Hall–Kier alpha value is -1.94. The number of anilines is 2. The molecule has 0 N–H and O–H groups in total. The predicted octanol–water partition coefficient (Wildman–Crippen LogP) is 7.69. The lowest BCUT2D eigenvalue weighted by molar-refractivity contribution is 0.337. The van der Waals surface area contributed by atoms with Crippen LogP contribution >= 0.6 is 11.3 Å². The Balaban J connectivity index is 1.80. The number of hydrogen-bond donors (Lipinski definition) is 0. The van der Waals surface area contributed by atoms with Crippen LogP contribution < -0.4 is 4.90 Å². The summed E-state index contributed by atoms with van der Waals surface area (Å²) in [6.45, 7) is 16.7. The lowest BCUT2D eigenvalue weighted by Gasteiger charge is -2.39. The van der Waals surface area contributed by atoms with Gasteiger partial charge in [-0.2, -0.15) is 0 Å². The van der Waals surface area contributed by atoms with Crippen LogP contribution in [0.25, 0.3) is 5.70 Å². The second-order valence-electron chi connectivity index (χ2n) is 10.1. The lowest BCUT2D eigenvalue weighted by Crippen LogP contribution is -2.32. The molecule has 0 spiro atoms. The van der Waals surface area contributed by atoms with Gasteiger partial charge >= 0.3 is 0 Å². The molecule has 0 bridgehead atoms. The summed E-state index contributed by atoms with van der Waals surface area (Å²) in [6.07, 6.45) is 5.12. The third-order valence-corrected chi connectivity index (χ3v) is 8.47. The topological polar surface area (TPSA) is 32.7 Å². The van der Waals surface area contributed by atoms with Gasteiger partial charge in [0, 0.05) is 22.7 Å². The van der Waals surface area contributed by atoms with E-state index < -0.39 is 0 Å². The van der Waals surface area contributed by atoms with Gasteiger partial charge in [0.25, 0.3) is 0 Å². The highest BCUT2D eigenvalue weighted by molar-refractivity contribution is 7.16. The van der Waals surface area contributed by atoms with Crippen molar-refractivity contribution in [1.29, 1.82) is 0 Å². The molecule has 4 heteroatoms. The fraction of sp³-hybridized carbons (Fsp3) is 0.520. The average Bonchev–Trinajstić information content (AvgIpc) is 3.43. The maximum atomic E-state index is 10.8. The Morgan fingerprint density at radius 3 is 2.31 bits per heavy atom. The van der Waals surface area contributed by atoms with E-state index in [2.05, 4.69) is 63.4 Å². The van der Waals surface area contributed by atoms with Gasteiger partial charge < -0.3 is 4.90 Å².